The third-order valence-corrected chi connectivity index (χ3v) is 6.02. The quantitative estimate of drug-likeness (QED) is 0.425. The molecule has 2 unspecified atom stereocenters. The summed E-state index contributed by atoms with van der Waals surface area (Å²) in [7, 11) is 1.47. The van der Waals surface area contributed by atoms with Gasteiger partial charge in [-0.1, -0.05) is 0 Å². The van der Waals surface area contributed by atoms with E-state index < -0.39 is 35.6 Å². The lowest BCUT2D eigenvalue weighted by Gasteiger charge is -2.42. The Bertz CT molecular complexity index is 1020. The van der Waals surface area contributed by atoms with Crippen LogP contribution in [0.3, 0.4) is 0 Å². The Kier molecular flexibility index (Phi) is 7.79. The monoisotopic (exact) mass is 488 g/mol. The van der Waals surface area contributed by atoms with Crippen LogP contribution in [-0.2, 0) is 14.3 Å². The Hall–Kier alpha value is -3.47. The summed E-state index contributed by atoms with van der Waals surface area (Å²) < 4.78 is 5.44. The molecular formula is C24H32N4O7. The van der Waals surface area contributed by atoms with Crippen molar-refractivity contribution in [1.82, 2.24) is 15.1 Å². The number of nitrogens with zero attached hydrogens (tertiary/aromatic N) is 3. The van der Waals surface area contributed by atoms with Gasteiger partial charge in [0.25, 0.3) is 11.8 Å². The number of imide groups is 1. The molecule has 0 saturated carbocycles. The number of aliphatic hydroxyl groups is 1. The standard InChI is InChI=1S/C24H32N4O7/c1-24(2,3)35-23(34)27-10-9-26(12-17(27)14-30)15-5-7-18-19(11-15)22(33)28(21(18)32)16(13-29)6-8-20(31)25-4/h5,7,11,13,16-17,30H,6,8-10,12,14H2,1-4H3,(H,25,31). The maximum Gasteiger partial charge on any atom is 0.410 e. The van der Waals surface area contributed by atoms with Crippen LogP contribution in [-0.4, -0.2) is 96.0 Å². The van der Waals surface area contributed by atoms with Crippen molar-refractivity contribution in [3.63, 3.8) is 0 Å². The molecule has 0 aliphatic carbocycles. The summed E-state index contributed by atoms with van der Waals surface area (Å²) in [5.41, 5.74) is 0.361. The molecule has 2 atom stereocenters. The van der Waals surface area contributed by atoms with Crippen LogP contribution in [0.1, 0.15) is 54.3 Å². The molecule has 190 valence electrons. The van der Waals surface area contributed by atoms with Gasteiger partial charge in [0.1, 0.15) is 11.9 Å². The Labute approximate surface area is 204 Å². The number of benzene rings is 1. The predicted molar refractivity (Wildman–Crippen MR) is 126 cm³/mol. The summed E-state index contributed by atoms with van der Waals surface area (Å²) in [6.45, 7) is 6.10. The van der Waals surface area contributed by atoms with Crippen LogP contribution in [0.25, 0.3) is 0 Å². The number of hydrogen-bond acceptors (Lipinski definition) is 8. The van der Waals surface area contributed by atoms with E-state index >= 15 is 0 Å². The van der Waals surface area contributed by atoms with E-state index in [0.29, 0.717) is 31.6 Å². The fourth-order valence-corrected chi connectivity index (χ4v) is 4.21. The van der Waals surface area contributed by atoms with Crippen LogP contribution in [0.2, 0.25) is 0 Å². The second-order valence-electron chi connectivity index (χ2n) is 9.58. The van der Waals surface area contributed by atoms with Gasteiger partial charge in [0.05, 0.1) is 29.8 Å². The molecule has 11 nitrogen and oxygen atoms in total. The Morgan fingerprint density at radius 1 is 1.20 bits per heavy atom. The lowest BCUT2D eigenvalue weighted by Crippen LogP contribution is -2.57. The molecule has 0 radical (unpaired) electrons. The molecule has 0 bridgehead atoms. The topological polar surface area (TPSA) is 137 Å². The summed E-state index contributed by atoms with van der Waals surface area (Å²) >= 11 is 0. The number of carbonyl (C=O) groups excluding carboxylic acids is 5. The predicted octanol–water partition coefficient (Wildman–Crippen LogP) is 0.794. The van der Waals surface area contributed by atoms with Gasteiger partial charge in [-0.25, -0.2) is 4.79 Å². The highest BCUT2D eigenvalue weighted by molar-refractivity contribution is 6.22. The van der Waals surface area contributed by atoms with E-state index in [4.69, 9.17) is 4.74 Å². The second-order valence-corrected chi connectivity index (χ2v) is 9.58. The van der Waals surface area contributed by atoms with Gasteiger partial charge in [-0.05, 0) is 45.4 Å². The first kappa shape index (κ1) is 26.1. The van der Waals surface area contributed by atoms with E-state index in [-0.39, 0.29) is 36.5 Å². The summed E-state index contributed by atoms with van der Waals surface area (Å²) in [5.74, 6) is -1.46. The minimum absolute atomic E-state index is 0.00301. The zero-order valence-corrected chi connectivity index (χ0v) is 20.4. The lowest BCUT2D eigenvalue weighted by molar-refractivity contribution is -0.121. The number of fused-ring (bicyclic) bond motifs is 1. The van der Waals surface area contributed by atoms with Gasteiger partial charge in [0.15, 0.2) is 0 Å². The van der Waals surface area contributed by atoms with Gasteiger partial charge < -0.3 is 24.9 Å². The Morgan fingerprint density at radius 3 is 2.49 bits per heavy atom. The SMILES string of the molecule is CNC(=O)CCC(C=O)N1C(=O)c2ccc(N3CCN(C(=O)OC(C)(C)C)C(CO)C3)cc2C1=O. The molecule has 1 fully saturated rings. The number of anilines is 1. The minimum atomic E-state index is -1.04. The fraction of sp³-hybridized carbons (Fsp3) is 0.542. The first-order valence-corrected chi connectivity index (χ1v) is 11.5. The number of aliphatic hydroxyl groups excluding tert-OH is 1. The maximum absolute atomic E-state index is 13.1. The van der Waals surface area contributed by atoms with Gasteiger partial charge in [0.2, 0.25) is 5.91 Å². The summed E-state index contributed by atoms with van der Waals surface area (Å²) in [5, 5.41) is 12.3. The summed E-state index contributed by atoms with van der Waals surface area (Å²) in [6.07, 6.45) is 0.0426. The average molecular weight is 489 g/mol. The van der Waals surface area contributed by atoms with E-state index in [1.807, 2.05) is 4.90 Å². The number of ether oxygens (including phenoxy) is 1. The summed E-state index contributed by atoms with van der Waals surface area (Å²) in [4.78, 5) is 66.0. The van der Waals surface area contributed by atoms with Crippen molar-refractivity contribution in [3.05, 3.63) is 29.3 Å². The average Bonchev–Trinajstić information content (AvgIpc) is 3.07. The molecule has 2 heterocycles. The highest BCUT2D eigenvalue weighted by Gasteiger charge is 2.41. The van der Waals surface area contributed by atoms with Crippen LogP contribution in [0, 0.1) is 0 Å². The molecular weight excluding hydrogens is 456 g/mol. The number of carbonyl (C=O) groups is 5. The minimum Gasteiger partial charge on any atom is -0.444 e. The van der Waals surface area contributed by atoms with Crippen LogP contribution in [0.5, 0.6) is 0 Å². The van der Waals surface area contributed by atoms with Crippen LogP contribution < -0.4 is 10.2 Å². The molecule has 0 aromatic heterocycles. The first-order chi connectivity index (χ1) is 16.5. The third-order valence-electron chi connectivity index (χ3n) is 6.02. The van der Waals surface area contributed by atoms with Gasteiger partial charge >= 0.3 is 6.09 Å². The molecule has 2 N–H and O–H groups in total. The maximum atomic E-state index is 13.1. The number of aldehydes is 1. The number of piperazine rings is 1. The van der Waals surface area contributed by atoms with Crippen molar-refractivity contribution in [1.29, 1.82) is 0 Å². The first-order valence-electron chi connectivity index (χ1n) is 11.5. The third kappa shape index (κ3) is 5.61. The highest BCUT2D eigenvalue weighted by Crippen LogP contribution is 2.30. The largest absolute Gasteiger partial charge is 0.444 e. The van der Waals surface area contributed by atoms with Crippen molar-refractivity contribution < 1.29 is 33.8 Å². The van der Waals surface area contributed by atoms with Crippen molar-refractivity contribution in [3.8, 4) is 0 Å². The van der Waals surface area contributed by atoms with Gasteiger partial charge in [0, 0.05) is 38.8 Å². The van der Waals surface area contributed by atoms with Crippen LogP contribution in [0.4, 0.5) is 10.5 Å². The molecule has 1 aromatic rings. The molecule has 2 aliphatic heterocycles. The molecule has 35 heavy (non-hydrogen) atoms. The number of rotatable bonds is 7. The number of nitrogens with one attached hydrogen (secondary N) is 1. The fourth-order valence-electron chi connectivity index (χ4n) is 4.21. The van der Waals surface area contributed by atoms with E-state index in [2.05, 4.69) is 5.32 Å². The Balaban J connectivity index is 1.76. The van der Waals surface area contributed by atoms with Crippen LogP contribution >= 0.6 is 0 Å². The smallest absolute Gasteiger partial charge is 0.410 e. The zero-order chi connectivity index (χ0) is 25.9. The summed E-state index contributed by atoms with van der Waals surface area (Å²) in [6, 6.07) is 3.28. The molecule has 4 amide bonds. The van der Waals surface area contributed by atoms with Crippen LogP contribution in [0.15, 0.2) is 18.2 Å². The second kappa shape index (κ2) is 10.4. The normalized spacial score (nSPS) is 18.9. The van der Waals surface area contributed by atoms with Gasteiger partial charge in [-0.15, -0.1) is 0 Å². The van der Waals surface area contributed by atoms with Gasteiger partial charge in [-0.3, -0.25) is 24.2 Å². The molecule has 0 spiro atoms. The number of amides is 4. The Morgan fingerprint density at radius 2 is 1.89 bits per heavy atom. The highest BCUT2D eigenvalue weighted by atomic mass is 16.6. The lowest BCUT2D eigenvalue weighted by atomic mass is 10.1. The molecule has 3 rings (SSSR count). The van der Waals surface area contributed by atoms with Crippen molar-refractivity contribution in [2.24, 2.45) is 0 Å². The van der Waals surface area contributed by atoms with E-state index in [9.17, 15) is 29.1 Å². The zero-order valence-electron chi connectivity index (χ0n) is 20.4. The van der Waals surface area contributed by atoms with Crippen molar-refractivity contribution in [2.45, 2.75) is 51.3 Å². The molecule has 11 heteroatoms. The number of hydrogen-bond donors (Lipinski definition) is 2. The van der Waals surface area contributed by atoms with E-state index in [1.54, 1.807) is 39.0 Å². The molecule has 1 aromatic carbocycles. The van der Waals surface area contributed by atoms with E-state index in [1.165, 1.54) is 11.9 Å². The van der Waals surface area contributed by atoms with Gasteiger partial charge in [-0.2, -0.15) is 0 Å². The van der Waals surface area contributed by atoms with Crippen molar-refractivity contribution >= 4 is 35.8 Å². The van der Waals surface area contributed by atoms with E-state index in [0.717, 1.165) is 4.90 Å². The molecule has 2 aliphatic rings. The van der Waals surface area contributed by atoms with Crippen molar-refractivity contribution in [2.75, 3.05) is 38.2 Å². The molecule has 1 saturated heterocycles.